The van der Waals surface area contributed by atoms with Crippen molar-refractivity contribution in [2.45, 2.75) is 11.8 Å². The summed E-state index contributed by atoms with van der Waals surface area (Å²) in [6.07, 6.45) is 1.57. The first-order valence-electron chi connectivity index (χ1n) is 6.49. The van der Waals surface area contributed by atoms with E-state index in [9.17, 15) is 13.8 Å². The zero-order valence-corrected chi connectivity index (χ0v) is 13.0. The summed E-state index contributed by atoms with van der Waals surface area (Å²) >= 11 is 0. The molecule has 1 unspecified atom stereocenters. The van der Waals surface area contributed by atoms with E-state index in [2.05, 4.69) is 5.32 Å². The lowest BCUT2D eigenvalue weighted by atomic mass is 10.2. The third-order valence-corrected chi connectivity index (χ3v) is 3.74. The Bertz CT molecular complexity index is 708. The van der Waals surface area contributed by atoms with Gasteiger partial charge in [0.05, 0.1) is 5.56 Å². The number of ether oxygens (including phenoxy) is 1. The van der Waals surface area contributed by atoms with Crippen molar-refractivity contribution < 1.29 is 18.5 Å². The van der Waals surface area contributed by atoms with Crippen LogP contribution in [0.3, 0.4) is 0 Å². The predicted octanol–water partition coefficient (Wildman–Crippen LogP) is 2.60. The van der Waals surface area contributed by atoms with Crippen LogP contribution in [0.1, 0.15) is 17.3 Å². The van der Waals surface area contributed by atoms with Crippen molar-refractivity contribution in [3.63, 3.8) is 0 Å². The lowest BCUT2D eigenvalue weighted by Gasteiger charge is -2.06. The first-order chi connectivity index (χ1) is 10.5. The molecule has 1 amide bonds. The highest BCUT2D eigenvalue weighted by molar-refractivity contribution is 7.84. The summed E-state index contributed by atoms with van der Waals surface area (Å²) in [4.78, 5) is 23.6. The molecule has 0 fully saturated rings. The van der Waals surface area contributed by atoms with Crippen molar-refractivity contribution in [3.8, 4) is 5.75 Å². The van der Waals surface area contributed by atoms with Crippen LogP contribution in [0.5, 0.6) is 5.75 Å². The summed E-state index contributed by atoms with van der Waals surface area (Å²) in [5, 5.41) is 2.63. The Labute approximate surface area is 130 Å². The monoisotopic (exact) mass is 317 g/mol. The highest BCUT2D eigenvalue weighted by atomic mass is 32.2. The van der Waals surface area contributed by atoms with Crippen molar-refractivity contribution in [2.24, 2.45) is 0 Å². The van der Waals surface area contributed by atoms with Crippen LogP contribution in [0.15, 0.2) is 53.4 Å². The molecule has 0 aliphatic heterocycles. The zero-order chi connectivity index (χ0) is 16.1. The Morgan fingerprint density at radius 1 is 1.00 bits per heavy atom. The molecule has 0 radical (unpaired) electrons. The average Bonchev–Trinajstić information content (AvgIpc) is 2.49. The van der Waals surface area contributed by atoms with E-state index in [1.165, 1.54) is 6.92 Å². The highest BCUT2D eigenvalue weighted by Gasteiger charge is 2.09. The van der Waals surface area contributed by atoms with E-state index in [0.717, 1.165) is 0 Å². The fraction of sp³-hybridized carbons (Fsp3) is 0.125. The second-order valence-corrected chi connectivity index (χ2v) is 5.95. The molecule has 2 rings (SSSR count). The molecule has 1 atom stereocenters. The summed E-state index contributed by atoms with van der Waals surface area (Å²) in [5.41, 5.74) is 1.00. The van der Waals surface area contributed by atoms with Gasteiger partial charge in [-0.1, -0.05) is 0 Å². The maximum atomic E-state index is 12.0. The largest absolute Gasteiger partial charge is 0.423 e. The van der Waals surface area contributed by atoms with Crippen LogP contribution in [-0.2, 0) is 15.6 Å². The predicted molar refractivity (Wildman–Crippen MR) is 84.5 cm³/mol. The molecule has 0 heterocycles. The molecule has 6 heteroatoms. The number of hydrogen-bond donors (Lipinski definition) is 1. The van der Waals surface area contributed by atoms with Crippen molar-refractivity contribution >= 4 is 28.4 Å². The van der Waals surface area contributed by atoms with Gasteiger partial charge in [0.1, 0.15) is 5.75 Å². The molecule has 0 saturated heterocycles. The van der Waals surface area contributed by atoms with Crippen molar-refractivity contribution in [1.29, 1.82) is 0 Å². The van der Waals surface area contributed by atoms with E-state index < -0.39 is 16.8 Å². The summed E-state index contributed by atoms with van der Waals surface area (Å²) in [5.74, 6) is -0.291. The van der Waals surface area contributed by atoms with Gasteiger partial charge in [0, 0.05) is 34.6 Å². The Morgan fingerprint density at radius 3 is 2.09 bits per heavy atom. The Kier molecular flexibility index (Phi) is 5.06. The minimum absolute atomic E-state index is 0.168. The van der Waals surface area contributed by atoms with Crippen LogP contribution in [-0.4, -0.2) is 22.3 Å². The second-order valence-electron chi connectivity index (χ2n) is 4.57. The second kappa shape index (κ2) is 7.00. The smallest absolute Gasteiger partial charge is 0.343 e. The fourth-order valence-corrected chi connectivity index (χ4v) is 2.28. The van der Waals surface area contributed by atoms with E-state index in [4.69, 9.17) is 4.74 Å². The van der Waals surface area contributed by atoms with Crippen LogP contribution >= 0.6 is 0 Å². The molecule has 0 bridgehead atoms. The molecule has 0 aliphatic rings. The molecule has 1 N–H and O–H groups in total. The van der Waals surface area contributed by atoms with Crippen LogP contribution in [0.25, 0.3) is 0 Å². The van der Waals surface area contributed by atoms with Gasteiger partial charge in [0.2, 0.25) is 5.91 Å². The number of rotatable bonds is 4. The number of amides is 1. The van der Waals surface area contributed by atoms with Gasteiger partial charge in [-0.25, -0.2) is 4.79 Å². The molecule has 0 aliphatic carbocycles. The highest BCUT2D eigenvalue weighted by Crippen LogP contribution is 2.17. The van der Waals surface area contributed by atoms with Gasteiger partial charge in [-0.05, 0) is 48.5 Å². The van der Waals surface area contributed by atoms with Crippen LogP contribution in [0.2, 0.25) is 0 Å². The number of benzene rings is 2. The van der Waals surface area contributed by atoms with Gasteiger partial charge in [-0.2, -0.15) is 0 Å². The molecule has 0 aromatic heterocycles. The van der Waals surface area contributed by atoms with Gasteiger partial charge in [-0.15, -0.1) is 0 Å². The standard InChI is InChI=1S/C16H15NO4S/c1-11(18)17-13-5-7-14(8-6-13)21-16(19)12-3-9-15(10-4-12)22(2)20/h3-10H,1-2H3,(H,17,18). The van der Waals surface area contributed by atoms with Crippen LogP contribution < -0.4 is 10.1 Å². The third-order valence-electron chi connectivity index (χ3n) is 2.81. The first-order valence-corrected chi connectivity index (χ1v) is 8.05. The maximum Gasteiger partial charge on any atom is 0.343 e. The number of carbonyl (C=O) groups is 2. The quantitative estimate of drug-likeness (QED) is 0.695. The molecule has 22 heavy (non-hydrogen) atoms. The summed E-state index contributed by atoms with van der Waals surface area (Å²) < 4.78 is 16.5. The third kappa shape index (κ3) is 4.26. The van der Waals surface area contributed by atoms with Crippen molar-refractivity contribution in [2.75, 3.05) is 11.6 Å². The number of esters is 1. The lowest BCUT2D eigenvalue weighted by molar-refractivity contribution is -0.114. The summed E-state index contributed by atoms with van der Waals surface area (Å²) in [7, 11) is -1.08. The summed E-state index contributed by atoms with van der Waals surface area (Å²) in [6, 6.07) is 12.9. The molecule has 2 aromatic carbocycles. The Balaban J connectivity index is 2.05. The molecular weight excluding hydrogens is 302 g/mol. The molecule has 5 nitrogen and oxygen atoms in total. The molecule has 2 aromatic rings. The van der Waals surface area contributed by atoms with Crippen LogP contribution in [0.4, 0.5) is 5.69 Å². The average molecular weight is 317 g/mol. The first kappa shape index (κ1) is 15.9. The summed E-state index contributed by atoms with van der Waals surface area (Å²) in [6.45, 7) is 1.42. The number of hydrogen-bond acceptors (Lipinski definition) is 4. The molecule has 0 saturated carbocycles. The topological polar surface area (TPSA) is 72.5 Å². The SMILES string of the molecule is CC(=O)Nc1ccc(OC(=O)c2ccc(S(C)=O)cc2)cc1. The maximum absolute atomic E-state index is 12.0. The van der Waals surface area contributed by atoms with Gasteiger partial charge in [-0.3, -0.25) is 9.00 Å². The molecular formula is C16H15NO4S. The van der Waals surface area contributed by atoms with Gasteiger partial charge >= 0.3 is 5.97 Å². The van der Waals surface area contributed by atoms with Crippen molar-refractivity contribution in [1.82, 2.24) is 0 Å². The normalized spacial score (nSPS) is 11.5. The minimum atomic E-state index is -1.08. The van der Waals surface area contributed by atoms with E-state index in [1.54, 1.807) is 54.8 Å². The van der Waals surface area contributed by atoms with E-state index in [1.807, 2.05) is 0 Å². The number of nitrogens with one attached hydrogen (secondary N) is 1. The lowest BCUT2D eigenvalue weighted by Crippen LogP contribution is -2.09. The Morgan fingerprint density at radius 2 is 1.59 bits per heavy atom. The molecule has 0 spiro atoms. The number of carbonyl (C=O) groups excluding carboxylic acids is 2. The van der Waals surface area contributed by atoms with E-state index in [0.29, 0.717) is 21.9 Å². The van der Waals surface area contributed by atoms with Gasteiger partial charge in [0.25, 0.3) is 0 Å². The Hall–Kier alpha value is -2.47. The molecule has 114 valence electrons. The van der Waals surface area contributed by atoms with E-state index >= 15 is 0 Å². The van der Waals surface area contributed by atoms with Crippen molar-refractivity contribution in [3.05, 3.63) is 54.1 Å². The minimum Gasteiger partial charge on any atom is -0.423 e. The van der Waals surface area contributed by atoms with E-state index in [-0.39, 0.29) is 5.91 Å². The van der Waals surface area contributed by atoms with Crippen LogP contribution in [0, 0.1) is 0 Å². The zero-order valence-electron chi connectivity index (χ0n) is 12.2. The number of anilines is 1. The van der Waals surface area contributed by atoms with Gasteiger partial charge < -0.3 is 10.1 Å². The fourth-order valence-electron chi connectivity index (χ4n) is 1.76. The van der Waals surface area contributed by atoms with Gasteiger partial charge in [0.15, 0.2) is 0 Å².